The van der Waals surface area contributed by atoms with Crippen molar-refractivity contribution < 1.29 is 35.4 Å². The van der Waals surface area contributed by atoms with Gasteiger partial charge in [0, 0.05) is 5.39 Å². The third kappa shape index (κ3) is 7.48. The molecular weight excluding hydrogens is 527 g/mol. The highest BCUT2D eigenvalue weighted by atomic mass is 32.2. The number of rotatable bonds is 14. The van der Waals surface area contributed by atoms with Crippen molar-refractivity contribution in [3.05, 3.63) is 60.4 Å². The van der Waals surface area contributed by atoms with Crippen molar-refractivity contribution in [1.29, 1.82) is 0 Å². The molecule has 0 N–H and O–H groups in total. The first-order valence-electron chi connectivity index (χ1n) is 13.4. The van der Waals surface area contributed by atoms with Gasteiger partial charge in [0.25, 0.3) is 10.1 Å². The molecule has 0 spiro atoms. The molecule has 1 unspecified atom stereocenters. The second-order valence-electron chi connectivity index (χ2n) is 9.44. The highest BCUT2D eigenvalue weighted by Gasteiger charge is 2.46. The summed E-state index contributed by atoms with van der Waals surface area (Å²) in [4.78, 5) is -1.38. The molecule has 2 aromatic carbocycles. The van der Waals surface area contributed by atoms with E-state index in [1.54, 1.807) is 20.1 Å². The van der Waals surface area contributed by atoms with E-state index < -0.39 is 22.7 Å². The first kappa shape index (κ1) is 28.8. The first-order chi connectivity index (χ1) is 18.3. The summed E-state index contributed by atoms with van der Waals surface area (Å²) in [6.45, 7) is 3.51. The van der Waals surface area contributed by atoms with Gasteiger partial charge < -0.3 is 18.2 Å². The lowest BCUT2D eigenvalue weighted by Crippen LogP contribution is -2.31. The largest absolute Gasteiger partial charge is 0.464 e. The number of hydrogen-bond acceptors (Lipinski definition) is 8. The number of aryl methyl sites for hydroxylation is 1. The zero-order valence-electron chi connectivity index (χ0n) is 22.0. The topological polar surface area (TPSA) is 101 Å². The van der Waals surface area contributed by atoms with Gasteiger partial charge in [-0.25, -0.2) is 0 Å². The number of fused-ring (bicyclic) bond motifs is 1. The van der Waals surface area contributed by atoms with Crippen molar-refractivity contribution in [2.24, 2.45) is 0 Å². The summed E-state index contributed by atoms with van der Waals surface area (Å²) >= 11 is 0. The van der Waals surface area contributed by atoms with Crippen molar-refractivity contribution in [1.82, 2.24) is 0 Å². The summed E-state index contributed by atoms with van der Waals surface area (Å²) in [5.41, 5.74) is 1.76. The molecule has 0 aliphatic heterocycles. The van der Waals surface area contributed by atoms with E-state index in [2.05, 4.69) is 0 Å². The lowest BCUT2D eigenvalue weighted by atomic mass is 9.98. The molecule has 1 aliphatic carbocycles. The van der Waals surface area contributed by atoms with E-state index in [0.717, 1.165) is 35.8 Å². The molecule has 4 rings (SSSR count). The lowest BCUT2D eigenvalue weighted by Gasteiger charge is -2.28. The molecule has 3 aromatic rings. The lowest BCUT2D eigenvalue weighted by molar-refractivity contribution is 0.158. The maximum atomic E-state index is 13.6. The molecule has 1 atom stereocenters. The van der Waals surface area contributed by atoms with Crippen LogP contribution in [0.15, 0.2) is 59.2 Å². The number of benzene rings is 2. The minimum absolute atomic E-state index is 0.0801. The fourth-order valence-corrected chi connectivity index (χ4v) is 9.39. The number of furan rings is 1. The van der Waals surface area contributed by atoms with Gasteiger partial charge in [0.15, 0.2) is 4.99 Å². The van der Waals surface area contributed by atoms with Crippen LogP contribution in [0.5, 0.6) is 11.5 Å². The van der Waals surface area contributed by atoms with E-state index in [1.807, 2.05) is 48.5 Å². The van der Waals surface area contributed by atoms with Crippen molar-refractivity contribution in [3.8, 4) is 11.5 Å². The smallest absolute Gasteiger partial charge is 0.351 e. The van der Waals surface area contributed by atoms with Crippen LogP contribution in [0.3, 0.4) is 0 Å². The minimum atomic E-state index is -4.19. The van der Waals surface area contributed by atoms with Gasteiger partial charge in [0.05, 0.1) is 25.6 Å². The zero-order valence-corrected chi connectivity index (χ0v) is 23.8. The third-order valence-corrected chi connectivity index (χ3v) is 11.8. The third-order valence-electron chi connectivity index (χ3n) is 6.60. The van der Waals surface area contributed by atoms with Crippen LogP contribution in [0.2, 0.25) is 0 Å². The van der Waals surface area contributed by atoms with E-state index in [4.69, 9.17) is 22.4 Å². The van der Waals surface area contributed by atoms with Crippen LogP contribution in [0, 0.1) is 0 Å². The van der Waals surface area contributed by atoms with Crippen molar-refractivity contribution in [2.75, 3.05) is 13.2 Å². The van der Waals surface area contributed by atoms with Gasteiger partial charge in [-0.2, -0.15) is 8.42 Å². The van der Waals surface area contributed by atoms with Crippen LogP contribution in [0.4, 0.5) is 0 Å². The highest BCUT2D eigenvalue weighted by molar-refractivity contribution is 7.94. The molecule has 1 saturated carbocycles. The van der Waals surface area contributed by atoms with Crippen LogP contribution in [-0.2, 0) is 34.3 Å². The second-order valence-corrected chi connectivity index (χ2v) is 13.8. The molecule has 1 aliphatic rings. The Labute approximate surface area is 225 Å². The maximum absolute atomic E-state index is 13.6. The summed E-state index contributed by atoms with van der Waals surface area (Å²) < 4.78 is 68.4. The maximum Gasteiger partial charge on any atom is 0.351 e. The van der Waals surface area contributed by atoms with E-state index in [-0.39, 0.29) is 25.7 Å². The SMILES string of the molecule is CCOP(=O)(OCC)C(CCCc1cccc(Oc2ccc3occc3c2)c1)S(=O)(=O)OC1CCCCC1. The summed E-state index contributed by atoms with van der Waals surface area (Å²) in [5, 5.41) is 0.953. The molecular formula is C28H37O8PS. The van der Waals surface area contributed by atoms with Gasteiger partial charge in [0.2, 0.25) is 0 Å². The minimum Gasteiger partial charge on any atom is -0.464 e. The van der Waals surface area contributed by atoms with Gasteiger partial charge in [-0.05, 0) is 87.9 Å². The molecule has 0 amide bonds. The van der Waals surface area contributed by atoms with Crippen molar-refractivity contribution in [3.63, 3.8) is 0 Å². The zero-order chi connectivity index (χ0) is 27.0. The Morgan fingerprint density at radius 2 is 1.71 bits per heavy atom. The van der Waals surface area contributed by atoms with E-state index in [1.165, 1.54) is 0 Å². The summed E-state index contributed by atoms with van der Waals surface area (Å²) in [5.74, 6) is 1.36. The molecule has 0 saturated heterocycles. The van der Waals surface area contributed by atoms with Gasteiger partial charge in [0.1, 0.15) is 17.1 Å². The van der Waals surface area contributed by atoms with Crippen LogP contribution >= 0.6 is 7.60 Å². The van der Waals surface area contributed by atoms with E-state index >= 15 is 0 Å². The summed E-state index contributed by atoms with van der Waals surface area (Å²) in [6.07, 6.45) is 6.63. The Morgan fingerprint density at radius 1 is 0.974 bits per heavy atom. The monoisotopic (exact) mass is 564 g/mol. The summed E-state index contributed by atoms with van der Waals surface area (Å²) in [6, 6.07) is 15.1. The molecule has 1 aromatic heterocycles. The molecule has 0 radical (unpaired) electrons. The van der Waals surface area contributed by atoms with Crippen molar-refractivity contribution >= 4 is 28.7 Å². The van der Waals surface area contributed by atoms with Crippen LogP contribution in [0.25, 0.3) is 11.0 Å². The predicted octanol–water partition coefficient (Wildman–Crippen LogP) is 7.82. The van der Waals surface area contributed by atoms with Crippen LogP contribution in [0.1, 0.15) is 64.4 Å². The van der Waals surface area contributed by atoms with E-state index in [0.29, 0.717) is 37.2 Å². The Morgan fingerprint density at radius 3 is 2.45 bits per heavy atom. The van der Waals surface area contributed by atoms with Crippen LogP contribution < -0.4 is 4.74 Å². The molecule has 0 bridgehead atoms. The number of ether oxygens (including phenoxy) is 1. The van der Waals surface area contributed by atoms with Gasteiger partial charge >= 0.3 is 7.60 Å². The highest BCUT2D eigenvalue weighted by Crippen LogP contribution is 2.57. The molecule has 1 fully saturated rings. The van der Waals surface area contributed by atoms with E-state index in [9.17, 15) is 13.0 Å². The van der Waals surface area contributed by atoms with Crippen LogP contribution in [-0.4, -0.2) is 32.7 Å². The normalized spacial score (nSPS) is 16.1. The fourth-order valence-electron chi connectivity index (χ4n) is 4.83. The molecule has 208 valence electrons. The quantitative estimate of drug-likeness (QED) is 0.144. The van der Waals surface area contributed by atoms with Gasteiger partial charge in [-0.1, -0.05) is 31.4 Å². The average molecular weight is 565 g/mol. The molecule has 1 heterocycles. The van der Waals surface area contributed by atoms with Gasteiger partial charge in [-0.15, -0.1) is 0 Å². The fraction of sp³-hybridized carbons (Fsp3) is 0.500. The molecule has 8 nitrogen and oxygen atoms in total. The van der Waals surface area contributed by atoms with Crippen molar-refractivity contribution in [2.45, 2.75) is 76.3 Å². The second kappa shape index (κ2) is 13.3. The summed E-state index contributed by atoms with van der Waals surface area (Å²) in [7, 11) is -8.14. The number of hydrogen-bond donors (Lipinski definition) is 0. The molecule has 38 heavy (non-hydrogen) atoms. The Kier molecular flexibility index (Phi) is 10.1. The van der Waals surface area contributed by atoms with Gasteiger partial charge in [-0.3, -0.25) is 8.75 Å². The Balaban J connectivity index is 1.45. The predicted molar refractivity (Wildman–Crippen MR) is 147 cm³/mol. The average Bonchev–Trinajstić information content (AvgIpc) is 3.35. The molecule has 10 heteroatoms. The standard InChI is InChI=1S/C28H37O8PS/c1-3-33-37(29,34-4-2)28(38(30,31)36-24-12-6-5-7-13-24)15-9-11-22-10-8-14-25(20-22)35-26-16-17-27-23(21-26)18-19-32-27/h8,10,14,16-21,24,28H,3-7,9,11-13,15H2,1-2H3. The Hall–Kier alpha value is -2.16. The Bertz CT molecular complexity index is 1320. The first-order valence-corrected chi connectivity index (χ1v) is 16.5.